The molecule has 2 fully saturated rings. The minimum absolute atomic E-state index is 0.494. The van der Waals surface area contributed by atoms with Gasteiger partial charge in [0.25, 0.3) is 0 Å². The van der Waals surface area contributed by atoms with Gasteiger partial charge in [-0.3, -0.25) is 0 Å². The predicted molar refractivity (Wildman–Crippen MR) is 73.3 cm³/mol. The smallest absolute Gasteiger partial charge is 0.125 e. The van der Waals surface area contributed by atoms with Crippen LogP contribution in [0.4, 0.5) is 0 Å². The summed E-state index contributed by atoms with van der Waals surface area (Å²) in [7, 11) is 2.12. The van der Waals surface area contributed by atoms with E-state index in [9.17, 15) is 0 Å². The first-order valence-electron chi connectivity index (χ1n) is 7.58. The second-order valence-corrected chi connectivity index (χ2v) is 6.07. The van der Waals surface area contributed by atoms with Crippen molar-refractivity contribution in [2.24, 2.45) is 13.0 Å². The molecule has 0 radical (unpaired) electrons. The van der Waals surface area contributed by atoms with Crippen molar-refractivity contribution in [3.8, 4) is 0 Å². The van der Waals surface area contributed by atoms with E-state index >= 15 is 0 Å². The first kappa shape index (κ1) is 12.2. The molecule has 100 valence electrons. The molecule has 3 rings (SSSR count). The molecule has 1 heterocycles. The Hall–Kier alpha value is -0.830. The number of aromatic nitrogens is 2. The van der Waals surface area contributed by atoms with Gasteiger partial charge in [0.2, 0.25) is 0 Å². The van der Waals surface area contributed by atoms with Crippen molar-refractivity contribution in [3.05, 3.63) is 18.2 Å². The molecule has 1 atom stereocenters. The Labute approximate surface area is 110 Å². The molecular weight excluding hydrogens is 222 g/mol. The lowest BCUT2D eigenvalue weighted by atomic mass is 10.1. The van der Waals surface area contributed by atoms with E-state index in [-0.39, 0.29) is 0 Å². The molecule has 2 aliphatic rings. The molecule has 1 aromatic heterocycles. The van der Waals surface area contributed by atoms with E-state index in [0.29, 0.717) is 6.04 Å². The summed E-state index contributed by atoms with van der Waals surface area (Å²) >= 11 is 0. The fourth-order valence-corrected chi connectivity index (χ4v) is 3.23. The van der Waals surface area contributed by atoms with Gasteiger partial charge in [0, 0.05) is 25.5 Å². The molecule has 0 aliphatic heterocycles. The number of nitrogens with one attached hydrogen (secondary N) is 1. The number of imidazole rings is 1. The van der Waals surface area contributed by atoms with Crippen molar-refractivity contribution in [1.29, 1.82) is 0 Å². The minimum Gasteiger partial charge on any atom is -0.337 e. The first-order chi connectivity index (χ1) is 8.84. The van der Waals surface area contributed by atoms with Gasteiger partial charge in [-0.15, -0.1) is 0 Å². The van der Waals surface area contributed by atoms with Gasteiger partial charge in [-0.05, 0) is 31.6 Å². The maximum absolute atomic E-state index is 4.57. The summed E-state index contributed by atoms with van der Waals surface area (Å²) < 4.78 is 2.19. The van der Waals surface area contributed by atoms with Gasteiger partial charge in [0.1, 0.15) is 5.82 Å². The number of hydrogen-bond donors (Lipinski definition) is 1. The highest BCUT2D eigenvalue weighted by atomic mass is 15.1. The Morgan fingerprint density at radius 3 is 2.44 bits per heavy atom. The van der Waals surface area contributed by atoms with E-state index in [0.717, 1.165) is 12.0 Å². The normalized spacial score (nSPS) is 23.8. The van der Waals surface area contributed by atoms with Gasteiger partial charge in [-0.25, -0.2) is 4.98 Å². The summed E-state index contributed by atoms with van der Waals surface area (Å²) in [6.07, 6.45) is 15.1. The summed E-state index contributed by atoms with van der Waals surface area (Å²) in [5.74, 6) is 2.07. The molecule has 3 heteroatoms. The van der Waals surface area contributed by atoms with Crippen LogP contribution in [-0.2, 0) is 7.05 Å². The van der Waals surface area contributed by atoms with Crippen molar-refractivity contribution < 1.29 is 0 Å². The second kappa shape index (κ2) is 5.43. The van der Waals surface area contributed by atoms with Crippen LogP contribution in [0.25, 0.3) is 0 Å². The molecule has 2 aliphatic carbocycles. The maximum atomic E-state index is 4.57. The van der Waals surface area contributed by atoms with E-state index in [1.165, 1.54) is 57.2 Å². The fourth-order valence-electron chi connectivity index (χ4n) is 3.23. The van der Waals surface area contributed by atoms with Crippen LogP contribution in [-0.4, -0.2) is 15.6 Å². The maximum Gasteiger partial charge on any atom is 0.125 e. The number of rotatable bonds is 4. The van der Waals surface area contributed by atoms with Crippen molar-refractivity contribution >= 4 is 0 Å². The molecule has 0 spiro atoms. The van der Waals surface area contributed by atoms with E-state index in [1.54, 1.807) is 0 Å². The monoisotopic (exact) mass is 247 g/mol. The average Bonchev–Trinajstić information content (AvgIpc) is 3.15. The standard InChI is InChI=1S/C15H25N3/c1-18-11-10-16-15(18)14(12-8-9-12)17-13-6-4-2-3-5-7-13/h10-14,17H,2-9H2,1H3/t14-/m0/s1. The van der Waals surface area contributed by atoms with E-state index in [1.807, 2.05) is 6.20 Å². The van der Waals surface area contributed by atoms with Crippen LogP contribution < -0.4 is 5.32 Å². The van der Waals surface area contributed by atoms with Gasteiger partial charge in [-0.1, -0.05) is 25.7 Å². The second-order valence-electron chi connectivity index (χ2n) is 6.07. The zero-order chi connectivity index (χ0) is 12.4. The summed E-state index contributed by atoms with van der Waals surface area (Å²) in [5, 5.41) is 3.92. The zero-order valence-corrected chi connectivity index (χ0v) is 11.4. The van der Waals surface area contributed by atoms with Crippen LogP contribution in [0.1, 0.15) is 63.2 Å². The third-order valence-corrected chi connectivity index (χ3v) is 4.50. The van der Waals surface area contributed by atoms with Crippen molar-refractivity contribution in [2.75, 3.05) is 0 Å². The van der Waals surface area contributed by atoms with Crippen molar-refractivity contribution in [2.45, 2.75) is 63.5 Å². The highest BCUT2D eigenvalue weighted by molar-refractivity contribution is 5.05. The van der Waals surface area contributed by atoms with Gasteiger partial charge in [0.05, 0.1) is 6.04 Å². The SMILES string of the molecule is Cn1ccnc1[C@@H](NC1CCCCCC1)C1CC1. The Kier molecular flexibility index (Phi) is 3.69. The largest absolute Gasteiger partial charge is 0.337 e. The molecule has 3 nitrogen and oxygen atoms in total. The summed E-state index contributed by atoms with van der Waals surface area (Å²) in [4.78, 5) is 4.57. The average molecular weight is 247 g/mol. The summed E-state index contributed by atoms with van der Waals surface area (Å²) in [6, 6.07) is 1.21. The molecule has 0 saturated heterocycles. The lowest BCUT2D eigenvalue weighted by Gasteiger charge is -2.24. The number of nitrogens with zero attached hydrogens (tertiary/aromatic N) is 2. The molecule has 0 unspecified atom stereocenters. The fraction of sp³-hybridized carbons (Fsp3) is 0.800. The Morgan fingerprint density at radius 1 is 1.17 bits per heavy atom. The first-order valence-corrected chi connectivity index (χ1v) is 7.58. The quantitative estimate of drug-likeness (QED) is 0.828. The lowest BCUT2D eigenvalue weighted by Crippen LogP contribution is -2.35. The topological polar surface area (TPSA) is 29.9 Å². The summed E-state index contributed by atoms with van der Waals surface area (Å²) in [6.45, 7) is 0. The van der Waals surface area contributed by atoms with Gasteiger partial charge < -0.3 is 9.88 Å². The van der Waals surface area contributed by atoms with Crippen LogP contribution in [0, 0.1) is 5.92 Å². The molecular formula is C15H25N3. The number of aryl methyl sites for hydroxylation is 1. The third kappa shape index (κ3) is 2.77. The summed E-state index contributed by atoms with van der Waals surface area (Å²) in [5.41, 5.74) is 0. The Bertz CT molecular complexity index is 373. The van der Waals surface area contributed by atoms with Gasteiger partial charge in [0.15, 0.2) is 0 Å². The molecule has 2 saturated carbocycles. The molecule has 1 aromatic rings. The van der Waals surface area contributed by atoms with E-state index in [4.69, 9.17) is 0 Å². The lowest BCUT2D eigenvalue weighted by molar-refractivity contribution is 0.357. The van der Waals surface area contributed by atoms with Crippen LogP contribution in [0.15, 0.2) is 12.4 Å². The third-order valence-electron chi connectivity index (χ3n) is 4.50. The van der Waals surface area contributed by atoms with Gasteiger partial charge >= 0.3 is 0 Å². The number of hydrogen-bond acceptors (Lipinski definition) is 2. The van der Waals surface area contributed by atoms with Crippen LogP contribution in [0.5, 0.6) is 0 Å². The Balaban J connectivity index is 1.68. The minimum atomic E-state index is 0.494. The highest BCUT2D eigenvalue weighted by Crippen LogP contribution is 2.41. The van der Waals surface area contributed by atoms with Gasteiger partial charge in [-0.2, -0.15) is 0 Å². The molecule has 0 amide bonds. The van der Waals surface area contributed by atoms with Crippen LogP contribution >= 0.6 is 0 Å². The molecule has 0 aromatic carbocycles. The van der Waals surface area contributed by atoms with Crippen molar-refractivity contribution in [3.63, 3.8) is 0 Å². The predicted octanol–water partition coefficient (Wildman–Crippen LogP) is 3.18. The van der Waals surface area contributed by atoms with Crippen LogP contribution in [0.3, 0.4) is 0 Å². The molecule has 0 bridgehead atoms. The molecule has 1 N–H and O–H groups in total. The van der Waals surface area contributed by atoms with E-state index < -0.39 is 0 Å². The zero-order valence-electron chi connectivity index (χ0n) is 11.4. The Morgan fingerprint density at radius 2 is 1.89 bits per heavy atom. The molecule has 18 heavy (non-hydrogen) atoms. The highest BCUT2D eigenvalue weighted by Gasteiger charge is 2.35. The van der Waals surface area contributed by atoms with E-state index in [2.05, 4.69) is 28.1 Å². The van der Waals surface area contributed by atoms with Crippen LogP contribution in [0.2, 0.25) is 0 Å². The van der Waals surface area contributed by atoms with Crippen molar-refractivity contribution in [1.82, 2.24) is 14.9 Å².